The number of carbonyl (C=O) groups is 2. The number of fused-ring (bicyclic) bond motifs is 1. The lowest BCUT2D eigenvalue weighted by molar-refractivity contribution is -0.151. The molecule has 4 nitrogen and oxygen atoms in total. The zero-order valence-electron chi connectivity index (χ0n) is 13.3. The first-order valence-corrected chi connectivity index (χ1v) is 8.27. The molecule has 0 aromatic heterocycles. The molecule has 0 fully saturated rings. The van der Waals surface area contributed by atoms with Crippen molar-refractivity contribution in [2.45, 2.75) is 25.9 Å². The van der Waals surface area contributed by atoms with E-state index in [1.807, 2.05) is 12.1 Å². The summed E-state index contributed by atoms with van der Waals surface area (Å²) < 4.78 is 19.4. The molecule has 1 N–H and O–H groups in total. The molecule has 3 rings (SSSR count). The highest BCUT2D eigenvalue weighted by molar-refractivity contribution is 6.33. The molecule has 1 aliphatic rings. The van der Waals surface area contributed by atoms with E-state index in [4.69, 9.17) is 21.4 Å². The minimum atomic E-state index is -1.38. The molecule has 1 aliphatic carbocycles. The highest BCUT2D eigenvalue weighted by atomic mass is 35.5. The van der Waals surface area contributed by atoms with Crippen LogP contribution in [-0.4, -0.2) is 16.9 Å². The van der Waals surface area contributed by atoms with Gasteiger partial charge in [0.1, 0.15) is 18.2 Å². The number of benzene rings is 2. The Kier molecular flexibility index (Phi) is 5.04. The molecule has 25 heavy (non-hydrogen) atoms. The van der Waals surface area contributed by atoms with Gasteiger partial charge in [-0.2, -0.15) is 0 Å². The van der Waals surface area contributed by atoms with E-state index in [0.717, 1.165) is 11.1 Å². The Morgan fingerprint density at radius 2 is 2.00 bits per heavy atom. The molecule has 0 aliphatic heterocycles. The Morgan fingerprint density at radius 3 is 2.76 bits per heavy atom. The third-order valence-corrected chi connectivity index (χ3v) is 4.62. The number of aryl methyl sites for hydroxylation is 1. The van der Waals surface area contributed by atoms with Gasteiger partial charge in [0.2, 0.25) is 5.78 Å². The molecule has 1 atom stereocenters. The van der Waals surface area contributed by atoms with Crippen molar-refractivity contribution in [1.82, 2.24) is 0 Å². The number of ketones is 1. The summed E-state index contributed by atoms with van der Waals surface area (Å²) in [6.45, 7) is 0.0608. The van der Waals surface area contributed by atoms with Gasteiger partial charge in [0, 0.05) is 16.5 Å². The molecule has 130 valence electrons. The van der Waals surface area contributed by atoms with Crippen molar-refractivity contribution in [3.8, 4) is 5.75 Å². The van der Waals surface area contributed by atoms with Gasteiger partial charge in [-0.05, 0) is 60.7 Å². The molecule has 1 unspecified atom stereocenters. The van der Waals surface area contributed by atoms with Gasteiger partial charge < -0.3 is 9.84 Å². The smallest absolute Gasteiger partial charge is 0.372 e. The molecule has 0 amide bonds. The zero-order valence-corrected chi connectivity index (χ0v) is 14.1. The van der Waals surface area contributed by atoms with E-state index < -0.39 is 17.7 Å². The summed E-state index contributed by atoms with van der Waals surface area (Å²) in [5.74, 6) is -2.37. The van der Waals surface area contributed by atoms with Gasteiger partial charge >= 0.3 is 5.97 Å². The molecular weight excluding hydrogens is 347 g/mol. The topological polar surface area (TPSA) is 63.6 Å². The molecule has 0 spiro atoms. The second kappa shape index (κ2) is 7.23. The Hall–Kier alpha value is -2.40. The third-order valence-electron chi connectivity index (χ3n) is 4.39. The standard InChI is InChI=1S/C19H16ClFO4/c20-15-4-6-17(21)14(8-15)10-25-16-5-3-11-7-13(18(22)19(23)24)2-1-12(11)9-16/h3-6,8-9,13H,1-2,7,10H2,(H,23,24). The van der Waals surface area contributed by atoms with Crippen molar-refractivity contribution >= 4 is 23.4 Å². The number of carboxylic acid groups (broad SMARTS) is 1. The molecule has 6 heteroatoms. The van der Waals surface area contributed by atoms with Crippen LogP contribution in [0.1, 0.15) is 23.1 Å². The number of carbonyl (C=O) groups excluding carboxylic acids is 1. The van der Waals surface area contributed by atoms with Crippen molar-refractivity contribution in [3.05, 3.63) is 63.9 Å². The number of ether oxygens (including phenoxy) is 1. The minimum absolute atomic E-state index is 0.0608. The van der Waals surface area contributed by atoms with Crippen LogP contribution in [-0.2, 0) is 29.0 Å². The van der Waals surface area contributed by atoms with Crippen molar-refractivity contribution in [2.24, 2.45) is 5.92 Å². The van der Waals surface area contributed by atoms with Gasteiger partial charge in [-0.3, -0.25) is 4.79 Å². The Balaban J connectivity index is 1.69. The lowest BCUT2D eigenvalue weighted by Gasteiger charge is -2.23. The largest absolute Gasteiger partial charge is 0.489 e. The zero-order chi connectivity index (χ0) is 18.0. The van der Waals surface area contributed by atoms with Crippen LogP contribution in [0.5, 0.6) is 5.75 Å². The Labute approximate surface area is 149 Å². The lowest BCUT2D eigenvalue weighted by Crippen LogP contribution is -2.28. The number of carboxylic acids is 1. The minimum Gasteiger partial charge on any atom is -0.489 e. The first kappa shape index (κ1) is 17.4. The van der Waals surface area contributed by atoms with Crippen molar-refractivity contribution in [3.63, 3.8) is 0 Å². The second-order valence-corrected chi connectivity index (χ2v) is 6.50. The molecule has 2 aromatic carbocycles. The predicted molar refractivity (Wildman–Crippen MR) is 90.3 cm³/mol. The lowest BCUT2D eigenvalue weighted by atomic mass is 9.81. The average molecular weight is 363 g/mol. The average Bonchev–Trinajstić information content (AvgIpc) is 2.61. The van der Waals surface area contributed by atoms with Gasteiger partial charge in [-0.15, -0.1) is 0 Å². The van der Waals surface area contributed by atoms with Crippen LogP contribution in [0.2, 0.25) is 5.02 Å². The van der Waals surface area contributed by atoms with Crippen LogP contribution < -0.4 is 4.74 Å². The van der Waals surface area contributed by atoms with E-state index in [-0.39, 0.29) is 12.4 Å². The van der Waals surface area contributed by atoms with Crippen LogP contribution >= 0.6 is 11.6 Å². The molecule has 0 heterocycles. The summed E-state index contributed by atoms with van der Waals surface area (Å²) >= 11 is 5.86. The fourth-order valence-electron chi connectivity index (χ4n) is 3.03. The summed E-state index contributed by atoms with van der Waals surface area (Å²) in [4.78, 5) is 22.4. The Bertz CT molecular complexity index is 834. The first-order valence-electron chi connectivity index (χ1n) is 7.89. The highest BCUT2D eigenvalue weighted by Crippen LogP contribution is 2.29. The van der Waals surface area contributed by atoms with Gasteiger partial charge in [0.25, 0.3) is 0 Å². The van der Waals surface area contributed by atoms with Crippen molar-refractivity contribution in [1.29, 1.82) is 0 Å². The first-order chi connectivity index (χ1) is 11.9. The molecule has 0 radical (unpaired) electrons. The monoisotopic (exact) mass is 362 g/mol. The van der Waals surface area contributed by atoms with Crippen molar-refractivity contribution in [2.75, 3.05) is 0 Å². The van der Waals surface area contributed by atoms with E-state index in [9.17, 15) is 14.0 Å². The van der Waals surface area contributed by atoms with Gasteiger partial charge in [0.05, 0.1) is 0 Å². The summed E-state index contributed by atoms with van der Waals surface area (Å²) in [7, 11) is 0. The highest BCUT2D eigenvalue weighted by Gasteiger charge is 2.29. The Morgan fingerprint density at radius 1 is 1.20 bits per heavy atom. The summed E-state index contributed by atoms with van der Waals surface area (Å²) in [6, 6.07) is 9.74. The number of Topliss-reactive ketones (excluding diaryl/α,β-unsaturated/α-hetero) is 1. The molecule has 0 saturated heterocycles. The van der Waals surface area contributed by atoms with Crippen LogP contribution in [0.25, 0.3) is 0 Å². The number of hydrogen-bond acceptors (Lipinski definition) is 3. The third kappa shape index (κ3) is 3.99. The van der Waals surface area contributed by atoms with Crippen LogP contribution in [0.15, 0.2) is 36.4 Å². The maximum Gasteiger partial charge on any atom is 0.372 e. The van der Waals surface area contributed by atoms with E-state index in [2.05, 4.69) is 0 Å². The van der Waals surface area contributed by atoms with Crippen LogP contribution in [0, 0.1) is 11.7 Å². The number of aliphatic carboxylic acids is 1. The number of rotatable bonds is 5. The quantitative estimate of drug-likeness (QED) is 0.821. The van der Waals surface area contributed by atoms with Gasteiger partial charge in [-0.25, -0.2) is 9.18 Å². The molecule has 0 bridgehead atoms. The maximum atomic E-state index is 13.7. The SMILES string of the molecule is O=C(O)C(=O)C1CCc2cc(OCc3cc(Cl)ccc3F)ccc2C1. The van der Waals surface area contributed by atoms with E-state index in [1.54, 1.807) is 6.07 Å². The van der Waals surface area contributed by atoms with Crippen molar-refractivity contribution < 1.29 is 23.8 Å². The fraction of sp³-hybridized carbons (Fsp3) is 0.263. The second-order valence-electron chi connectivity index (χ2n) is 6.06. The van der Waals surface area contributed by atoms with Gasteiger partial charge in [0.15, 0.2) is 0 Å². The number of hydrogen-bond donors (Lipinski definition) is 1. The van der Waals surface area contributed by atoms with E-state index in [0.29, 0.717) is 35.6 Å². The molecule has 0 saturated carbocycles. The predicted octanol–water partition coefficient (Wildman–Crippen LogP) is 3.82. The van der Waals surface area contributed by atoms with E-state index in [1.165, 1.54) is 18.2 Å². The van der Waals surface area contributed by atoms with Crippen LogP contribution in [0.3, 0.4) is 0 Å². The number of halogens is 2. The summed E-state index contributed by atoms with van der Waals surface area (Å²) in [6.07, 6.45) is 1.54. The maximum absolute atomic E-state index is 13.7. The summed E-state index contributed by atoms with van der Waals surface area (Å²) in [5, 5.41) is 9.28. The van der Waals surface area contributed by atoms with Crippen LogP contribution in [0.4, 0.5) is 4.39 Å². The molecular formula is C19H16ClFO4. The normalized spacial score (nSPS) is 16.2. The van der Waals surface area contributed by atoms with E-state index >= 15 is 0 Å². The van der Waals surface area contributed by atoms with Gasteiger partial charge in [-0.1, -0.05) is 17.7 Å². The molecule has 2 aromatic rings. The summed E-state index contributed by atoms with van der Waals surface area (Å²) in [5.41, 5.74) is 2.35. The fourth-order valence-corrected chi connectivity index (χ4v) is 3.23.